The molecule has 0 aromatic heterocycles. The normalized spacial score (nSPS) is 10.0. The topological polar surface area (TPSA) is 79.5 Å². The Morgan fingerprint density at radius 3 is 2.05 bits per heavy atom. The molecule has 19 heavy (non-hydrogen) atoms. The molecule has 0 spiro atoms. The molecule has 0 aliphatic heterocycles. The molecular weight excluding hydrogens is 246 g/mol. The molecule has 2 amide bonds. The number of ether oxygens (including phenoxy) is 1. The van der Waals surface area contributed by atoms with Crippen molar-refractivity contribution in [3.8, 4) is 0 Å². The van der Waals surface area contributed by atoms with Crippen LogP contribution in [0.15, 0.2) is 24.3 Å². The molecule has 0 saturated heterocycles. The van der Waals surface area contributed by atoms with E-state index in [1.54, 1.807) is 31.3 Å². The van der Waals surface area contributed by atoms with Gasteiger partial charge in [0, 0.05) is 31.5 Å². The summed E-state index contributed by atoms with van der Waals surface area (Å²) >= 11 is 0. The Morgan fingerprint density at radius 1 is 1.05 bits per heavy atom. The van der Waals surface area contributed by atoms with Gasteiger partial charge in [-0.25, -0.2) is 0 Å². The first-order chi connectivity index (χ1) is 9.15. The van der Waals surface area contributed by atoms with Crippen molar-refractivity contribution in [2.45, 2.75) is 6.42 Å². The van der Waals surface area contributed by atoms with E-state index in [-0.39, 0.29) is 18.4 Å². The lowest BCUT2D eigenvalue weighted by Crippen LogP contribution is -2.19. The highest BCUT2D eigenvalue weighted by molar-refractivity contribution is 5.93. The fourth-order valence-corrected chi connectivity index (χ4v) is 1.43. The molecular formula is C13H19N3O3. The molecule has 0 aliphatic carbocycles. The van der Waals surface area contributed by atoms with Crippen molar-refractivity contribution in [3.05, 3.63) is 24.3 Å². The second kappa shape index (κ2) is 8.23. The highest BCUT2D eigenvalue weighted by atomic mass is 16.5. The molecule has 1 aromatic carbocycles. The predicted molar refractivity (Wildman–Crippen MR) is 74.1 cm³/mol. The largest absolute Gasteiger partial charge is 0.375 e. The van der Waals surface area contributed by atoms with Gasteiger partial charge in [0.15, 0.2) is 0 Å². The van der Waals surface area contributed by atoms with Crippen molar-refractivity contribution < 1.29 is 14.3 Å². The number of nitrogens with one attached hydrogen (secondary N) is 3. The van der Waals surface area contributed by atoms with Crippen molar-refractivity contribution in [3.63, 3.8) is 0 Å². The lowest BCUT2D eigenvalue weighted by molar-refractivity contribution is -0.119. The number of hydrogen-bond acceptors (Lipinski definition) is 4. The standard InChI is InChI=1S/C13H19N3O3/c1-14-8-7-12(17)15-10-3-5-11(6-4-10)16-13(18)9-19-2/h3-6,14H,7-9H2,1-2H3,(H,15,17)(H,16,18). The zero-order valence-electron chi connectivity index (χ0n) is 11.2. The summed E-state index contributed by atoms with van der Waals surface area (Å²) in [5.41, 5.74) is 1.36. The minimum Gasteiger partial charge on any atom is -0.375 e. The highest BCUT2D eigenvalue weighted by Crippen LogP contribution is 2.13. The van der Waals surface area contributed by atoms with E-state index >= 15 is 0 Å². The van der Waals surface area contributed by atoms with Crippen molar-refractivity contribution in [2.75, 3.05) is 37.9 Å². The van der Waals surface area contributed by atoms with Crippen molar-refractivity contribution in [1.82, 2.24) is 5.32 Å². The molecule has 0 aliphatic rings. The Hall–Kier alpha value is -1.92. The van der Waals surface area contributed by atoms with Gasteiger partial charge in [0.05, 0.1) is 0 Å². The lowest BCUT2D eigenvalue weighted by Gasteiger charge is -2.07. The molecule has 6 nitrogen and oxygen atoms in total. The molecule has 0 fully saturated rings. The van der Waals surface area contributed by atoms with Crippen LogP contribution in [0, 0.1) is 0 Å². The van der Waals surface area contributed by atoms with Gasteiger partial charge >= 0.3 is 0 Å². The van der Waals surface area contributed by atoms with Gasteiger partial charge in [0.1, 0.15) is 6.61 Å². The average Bonchev–Trinajstić information content (AvgIpc) is 2.39. The maximum atomic E-state index is 11.5. The number of carbonyl (C=O) groups excluding carboxylic acids is 2. The number of hydrogen-bond donors (Lipinski definition) is 3. The van der Waals surface area contributed by atoms with Crippen LogP contribution in [-0.4, -0.2) is 39.1 Å². The summed E-state index contributed by atoms with van der Waals surface area (Å²) in [5.74, 6) is -0.265. The molecule has 0 bridgehead atoms. The summed E-state index contributed by atoms with van der Waals surface area (Å²) < 4.78 is 4.71. The molecule has 104 valence electrons. The summed E-state index contributed by atoms with van der Waals surface area (Å²) in [6.07, 6.45) is 0.419. The first-order valence-electron chi connectivity index (χ1n) is 5.99. The van der Waals surface area contributed by atoms with E-state index in [0.717, 1.165) is 0 Å². The Labute approximate surface area is 112 Å². The average molecular weight is 265 g/mol. The minimum absolute atomic E-state index is 0.0164. The van der Waals surface area contributed by atoms with Crippen molar-refractivity contribution in [2.24, 2.45) is 0 Å². The summed E-state index contributed by atoms with van der Waals surface area (Å²) in [4.78, 5) is 22.8. The monoisotopic (exact) mass is 265 g/mol. The number of benzene rings is 1. The molecule has 1 aromatic rings. The van der Waals surface area contributed by atoms with Crippen LogP contribution < -0.4 is 16.0 Å². The van der Waals surface area contributed by atoms with Crippen LogP contribution in [0.4, 0.5) is 11.4 Å². The Bertz CT molecular complexity index is 418. The molecule has 6 heteroatoms. The Morgan fingerprint density at radius 2 is 1.58 bits per heavy atom. The number of carbonyl (C=O) groups is 2. The second-order valence-electron chi connectivity index (χ2n) is 3.96. The smallest absolute Gasteiger partial charge is 0.250 e. The molecule has 1 rings (SSSR count). The maximum absolute atomic E-state index is 11.5. The molecule has 0 saturated carbocycles. The Kier molecular flexibility index (Phi) is 6.56. The molecule has 3 N–H and O–H groups in total. The van der Waals surface area contributed by atoms with Crippen LogP contribution in [-0.2, 0) is 14.3 Å². The van der Waals surface area contributed by atoms with Gasteiger partial charge in [-0.2, -0.15) is 0 Å². The number of anilines is 2. The van der Waals surface area contributed by atoms with Crippen LogP contribution in [0.5, 0.6) is 0 Å². The van der Waals surface area contributed by atoms with Crippen LogP contribution in [0.25, 0.3) is 0 Å². The van der Waals surface area contributed by atoms with Crippen LogP contribution in [0.2, 0.25) is 0 Å². The fourth-order valence-electron chi connectivity index (χ4n) is 1.43. The number of methoxy groups -OCH3 is 1. The van der Waals surface area contributed by atoms with Gasteiger partial charge in [-0.05, 0) is 31.3 Å². The van der Waals surface area contributed by atoms with Crippen molar-refractivity contribution >= 4 is 23.2 Å². The summed E-state index contributed by atoms with van der Waals surface area (Å²) in [7, 11) is 3.26. The summed E-state index contributed by atoms with van der Waals surface area (Å²) in [6, 6.07) is 6.92. The van der Waals surface area contributed by atoms with Crippen LogP contribution in [0.3, 0.4) is 0 Å². The third-order valence-corrected chi connectivity index (χ3v) is 2.33. The van der Waals surface area contributed by atoms with Gasteiger partial charge in [0.2, 0.25) is 11.8 Å². The minimum atomic E-state index is -0.215. The molecule has 0 heterocycles. The molecule has 0 unspecified atom stereocenters. The molecule has 0 atom stereocenters. The zero-order chi connectivity index (χ0) is 14.1. The number of amides is 2. The second-order valence-corrected chi connectivity index (χ2v) is 3.96. The van der Waals surface area contributed by atoms with E-state index in [1.165, 1.54) is 7.11 Å². The lowest BCUT2D eigenvalue weighted by atomic mass is 10.2. The van der Waals surface area contributed by atoms with Gasteiger partial charge in [-0.3, -0.25) is 9.59 Å². The van der Waals surface area contributed by atoms with Crippen LogP contribution >= 0.6 is 0 Å². The number of rotatable bonds is 7. The zero-order valence-corrected chi connectivity index (χ0v) is 11.2. The highest BCUT2D eigenvalue weighted by Gasteiger charge is 2.03. The van der Waals surface area contributed by atoms with Gasteiger partial charge < -0.3 is 20.7 Å². The van der Waals surface area contributed by atoms with E-state index in [1.807, 2.05) is 0 Å². The Balaban J connectivity index is 2.47. The summed E-state index contributed by atoms with van der Waals surface area (Å²) in [5, 5.41) is 8.34. The quantitative estimate of drug-likeness (QED) is 0.682. The van der Waals surface area contributed by atoms with Gasteiger partial charge in [-0.1, -0.05) is 0 Å². The van der Waals surface area contributed by atoms with Gasteiger partial charge in [0.25, 0.3) is 0 Å². The predicted octanol–water partition coefficient (Wildman–Crippen LogP) is 0.819. The third kappa shape index (κ3) is 5.98. The van der Waals surface area contributed by atoms with Crippen LogP contribution in [0.1, 0.15) is 6.42 Å². The van der Waals surface area contributed by atoms with E-state index in [4.69, 9.17) is 4.74 Å². The van der Waals surface area contributed by atoms with E-state index < -0.39 is 0 Å². The SMILES string of the molecule is CNCCC(=O)Nc1ccc(NC(=O)COC)cc1. The third-order valence-electron chi connectivity index (χ3n) is 2.33. The maximum Gasteiger partial charge on any atom is 0.250 e. The fraction of sp³-hybridized carbons (Fsp3) is 0.385. The summed E-state index contributed by atoms with van der Waals surface area (Å²) in [6.45, 7) is 0.652. The first-order valence-corrected chi connectivity index (χ1v) is 5.99. The van der Waals surface area contributed by atoms with Crippen molar-refractivity contribution in [1.29, 1.82) is 0 Å². The first kappa shape index (κ1) is 15.1. The van der Waals surface area contributed by atoms with E-state index in [0.29, 0.717) is 24.3 Å². The van der Waals surface area contributed by atoms with Gasteiger partial charge in [-0.15, -0.1) is 0 Å². The molecule has 0 radical (unpaired) electrons. The van der Waals surface area contributed by atoms with E-state index in [9.17, 15) is 9.59 Å². The van der Waals surface area contributed by atoms with E-state index in [2.05, 4.69) is 16.0 Å².